The van der Waals surface area contributed by atoms with Crippen LogP contribution in [0.3, 0.4) is 0 Å². The molecule has 0 unspecified atom stereocenters. The van der Waals surface area contributed by atoms with E-state index in [4.69, 9.17) is 0 Å². The number of allylic oxidation sites excluding steroid dienone is 4. The number of aliphatic hydroxyl groups excluding tert-OH is 1. The van der Waals surface area contributed by atoms with Gasteiger partial charge in [0.25, 0.3) is 11.8 Å². The van der Waals surface area contributed by atoms with Gasteiger partial charge in [-0.25, -0.2) is 0 Å². The lowest BCUT2D eigenvalue weighted by Crippen LogP contribution is -2.25. The Labute approximate surface area is 241 Å². The first-order valence-electron chi connectivity index (χ1n) is 12.7. The maximum absolute atomic E-state index is 14.4. The quantitative estimate of drug-likeness (QED) is 0.177. The standard InChI is InChI=1S/C31H24F6N2O4/c1-16-5-3-7-18(11-16)28(42)38-24-14-22(30(32,33)34)20(9-10-26(24)40)21-13-27(41)25(15-23(21)31(35,36)37)39-29(43)19-8-4-6-17(2)12-19/h3-8,10-15,40-41H,9H2,1-2H3,(H,38,42)(H,39,43). The van der Waals surface area contributed by atoms with Gasteiger partial charge in [-0.2, -0.15) is 26.3 Å². The highest BCUT2D eigenvalue weighted by Gasteiger charge is 2.41. The SMILES string of the molecule is Cc1cccc(C(=O)NC2=CC(C(F)(F)F)=C(c3cc(O)c(NC(=O)c4cccc(C)c4)cc3C(F)(F)F)CC=C2O)c1. The highest BCUT2D eigenvalue weighted by molar-refractivity contribution is 6.05. The van der Waals surface area contributed by atoms with Crippen LogP contribution in [0.15, 0.2) is 89.8 Å². The molecule has 0 saturated carbocycles. The van der Waals surface area contributed by atoms with Crippen LogP contribution in [0.4, 0.5) is 32.0 Å². The fourth-order valence-electron chi connectivity index (χ4n) is 4.47. The topological polar surface area (TPSA) is 98.7 Å². The summed E-state index contributed by atoms with van der Waals surface area (Å²) in [4.78, 5) is 25.3. The van der Waals surface area contributed by atoms with Crippen molar-refractivity contribution in [3.05, 3.63) is 123 Å². The molecule has 224 valence electrons. The van der Waals surface area contributed by atoms with Crippen molar-refractivity contribution in [1.29, 1.82) is 0 Å². The molecule has 0 fully saturated rings. The van der Waals surface area contributed by atoms with Gasteiger partial charge < -0.3 is 20.8 Å². The van der Waals surface area contributed by atoms with Crippen molar-refractivity contribution in [3.63, 3.8) is 0 Å². The van der Waals surface area contributed by atoms with Gasteiger partial charge in [0, 0.05) is 11.1 Å². The van der Waals surface area contributed by atoms with Crippen molar-refractivity contribution in [2.45, 2.75) is 32.6 Å². The van der Waals surface area contributed by atoms with Crippen LogP contribution >= 0.6 is 0 Å². The first-order valence-corrected chi connectivity index (χ1v) is 12.7. The van der Waals surface area contributed by atoms with Crippen molar-refractivity contribution in [3.8, 4) is 5.75 Å². The molecule has 0 radical (unpaired) electrons. The van der Waals surface area contributed by atoms with Gasteiger partial charge in [-0.15, -0.1) is 0 Å². The first kappa shape index (κ1) is 30.9. The van der Waals surface area contributed by atoms with E-state index in [1.165, 1.54) is 24.3 Å². The summed E-state index contributed by atoms with van der Waals surface area (Å²) in [5, 5.41) is 25.4. The highest BCUT2D eigenvalue weighted by atomic mass is 19.4. The summed E-state index contributed by atoms with van der Waals surface area (Å²) >= 11 is 0. The Morgan fingerprint density at radius 1 is 0.767 bits per heavy atom. The molecule has 12 heteroatoms. The molecule has 0 atom stereocenters. The number of phenolic OH excluding ortho intramolecular Hbond substituents is 1. The molecule has 0 aliphatic heterocycles. The molecule has 1 aliphatic rings. The normalized spacial score (nSPS) is 14.0. The smallest absolute Gasteiger partial charge is 0.417 e. The van der Waals surface area contributed by atoms with Crippen molar-refractivity contribution < 1.29 is 46.1 Å². The summed E-state index contributed by atoms with van der Waals surface area (Å²) in [7, 11) is 0. The average Bonchev–Trinajstić information content (AvgIpc) is 3.07. The summed E-state index contributed by atoms with van der Waals surface area (Å²) < 4.78 is 85.8. The molecule has 0 aromatic heterocycles. The van der Waals surface area contributed by atoms with E-state index in [1.807, 2.05) is 0 Å². The number of benzene rings is 3. The number of carbonyl (C=O) groups is 2. The number of aliphatic hydroxyl groups is 1. The molecule has 0 spiro atoms. The Morgan fingerprint density at radius 3 is 1.84 bits per heavy atom. The van der Waals surface area contributed by atoms with E-state index in [-0.39, 0.29) is 11.1 Å². The van der Waals surface area contributed by atoms with Gasteiger partial charge in [-0.1, -0.05) is 35.4 Å². The zero-order valence-corrected chi connectivity index (χ0v) is 22.6. The fraction of sp³-hybridized carbons (Fsp3) is 0.161. The predicted octanol–water partition coefficient (Wildman–Crippen LogP) is 7.76. The van der Waals surface area contributed by atoms with E-state index in [0.29, 0.717) is 29.3 Å². The number of halogens is 6. The number of aromatic hydroxyl groups is 1. The van der Waals surface area contributed by atoms with Gasteiger partial charge in [0.15, 0.2) is 0 Å². The number of nitrogens with one attached hydrogen (secondary N) is 2. The number of alkyl halides is 6. The van der Waals surface area contributed by atoms with Crippen molar-refractivity contribution in [2.24, 2.45) is 0 Å². The minimum Gasteiger partial charge on any atom is -0.506 e. The molecule has 43 heavy (non-hydrogen) atoms. The Balaban J connectivity index is 1.83. The maximum atomic E-state index is 14.4. The summed E-state index contributed by atoms with van der Waals surface area (Å²) in [6.45, 7) is 3.37. The Morgan fingerprint density at radius 2 is 1.33 bits per heavy atom. The second-order valence-electron chi connectivity index (χ2n) is 9.80. The lowest BCUT2D eigenvalue weighted by molar-refractivity contribution is -0.137. The number of phenols is 1. The lowest BCUT2D eigenvalue weighted by atomic mass is 9.91. The third kappa shape index (κ3) is 7.08. The third-order valence-electron chi connectivity index (χ3n) is 6.52. The predicted molar refractivity (Wildman–Crippen MR) is 147 cm³/mol. The van der Waals surface area contributed by atoms with Crippen molar-refractivity contribution in [1.82, 2.24) is 5.32 Å². The molecule has 6 nitrogen and oxygen atoms in total. The van der Waals surface area contributed by atoms with Crippen molar-refractivity contribution in [2.75, 3.05) is 5.32 Å². The zero-order valence-electron chi connectivity index (χ0n) is 22.6. The van der Waals surface area contributed by atoms with E-state index in [9.17, 15) is 46.1 Å². The molecule has 2 amide bonds. The fourth-order valence-corrected chi connectivity index (χ4v) is 4.47. The number of amides is 2. The largest absolute Gasteiger partial charge is 0.506 e. The van der Waals surface area contributed by atoms with E-state index < -0.39 is 75.8 Å². The summed E-state index contributed by atoms with van der Waals surface area (Å²) in [5.74, 6) is -3.44. The minimum atomic E-state index is -5.25. The Hall–Kier alpha value is -5.00. The van der Waals surface area contributed by atoms with Crippen LogP contribution in [0.5, 0.6) is 5.75 Å². The molecule has 3 aromatic carbocycles. The van der Waals surface area contributed by atoms with Crippen LogP contribution in [0.1, 0.15) is 49.4 Å². The number of anilines is 1. The second kappa shape index (κ2) is 11.7. The molecule has 0 saturated heterocycles. The van der Waals surface area contributed by atoms with Crippen LogP contribution in [0.25, 0.3) is 5.57 Å². The van der Waals surface area contributed by atoms with Crippen LogP contribution < -0.4 is 10.6 Å². The molecule has 3 aromatic rings. The number of hydrogen-bond acceptors (Lipinski definition) is 4. The zero-order chi connectivity index (χ0) is 31.7. The van der Waals surface area contributed by atoms with E-state index in [1.54, 1.807) is 38.1 Å². The molecule has 1 aliphatic carbocycles. The van der Waals surface area contributed by atoms with Gasteiger partial charge in [-0.05, 0) is 80.0 Å². The third-order valence-corrected chi connectivity index (χ3v) is 6.52. The van der Waals surface area contributed by atoms with Crippen LogP contribution in [0.2, 0.25) is 0 Å². The van der Waals surface area contributed by atoms with Crippen molar-refractivity contribution >= 4 is 23.1 Å². The van der Waals surface area contributed by atoms with E-state index in [0.717, 1.165) is 6.08 Å². The van der Waals surface area contributed by atoms with Gasteiger partial charge in [-0.3, -0.25) is 9.59 Å². The van der Waals surface area contributed by atoms with Gasteiger partial charge in [0.05, 0.1) is 22.5 Å². The van der Waals surface area contributed by atoms with Crippen LogP contribution in [-0.4, -0.2) is 28.2 Å². The Bertz CT molecular complexity index is 1700. The first-order chi connectivity index (χ1) is 20.0. The van der Waals surface area contributed by atoms with Gasteiger partial charge in [0.1, 0.15) is 11.5 Å². The maximum Gasteiger partial charge on any atom is 0.417 e. The average molecular weight is 603 g/mol. The van der Waals surface area contributed by atoms with Gasteiger partial charge >= 0.3 is 12.4 Å². The summed E-state index contributed by atoms with van der Waals surface area (Å²) in [6.07, 6.45) is -10.2. The number of carbonyl (C=O) groups excluding carboxylic acids is 2. The lowest BCUT2D eigenvalue weighted by Gasteiger charge is -2.21. The molecular weight excluding hydrogens is 578 g/mol. The van der Waals surface area contributed by atoms with E-state index in [2.05, 4.69) is 10.6 Å². The molecule has 4 N–H and O–H groups in total. The second-order valence-corrected chi connectivity index (χ2v) is 9.80. The highest BCUT2D eigenvalue weighted by Crippen LogP contribution is 2.45. The van der Waals surface area contributed by atoms with E-state index >= 15 is 0 Å². The number of rotatable bonds is 5. The van der Waals surface area contributed by atoms with Gasteiger partial charge in [0.2, 0.25) is 0 Å². The number of hydrogen-bond donors (Lipinski definition) is 4. The number of aryl methyl sites for hydroxylation is 2. The molecule has 0 heterocycles. The van der Waals surface area contributed by atoms with Crippen LogP contribution in [-0.2, 0) is 6.18 Å². The molecule has 0 bridgehead atoms. The van der Waals surface area contributed by atoms with Crippen LogP contribution in [0, 0.1) is 13.8 Å². The Kier molecular flexibility index (Phi) is 8.43. The summed E-state index contributed by atoms with van der Waals surface area (Å²) in [6, 6.07) is 13.0. The molecule has 4 rings (SSSR count). The molecular formula is C31H24F6N2O4. The monoisotopic (exact) mass is 602 g/mol. The summed E-state index contributed by atoms with van der Waals surface area (Å²) in [5.41, 5.74) is -4.98. The minimum absolute atomic E-state index is 0.0725.